The summed E-state index contributed by atoms with van der Waals surface area (Å²) >= 11 is 0. The van der Waals surface area contributed by atoms with Gasteiger partial charge in [-0.2, -0.15) is 0 Å². The zero-order valence-corrected chi connectivity index (χ0v) is 7.14. The number of hydrogen-bond donors (Lipinski definition) is 2. The molecule has 0 bridgehead atoms. The third-order valence-corrected chi connectivity index (χ3v) is 1.31. The SMILES string of the molecule is CCOc1ncc(/C(N)=N\O)cn1. The summed E-state index contributed by atoms with van der Waals surface area (Å²) in [6.07, 6.45) is 2.85. The maximum absolute atomic E-state index is 8.34. The Labute approximate surface area is 75.1 Å². The summed E-state index contributed by atoms with van der Waals surface area (Å²) in [7, 11) is 0. The van der Waals surface area contributed by atoms with Crippen LogP contribution in [0.1, 0.15) is 12.5 Å². The quantitative estimate of drug-likeness (QED) is 0.296. The van der Waals surface area contributed by atoms with Gasteiger partial charge in [-0.25, -0.2) is 9.97 Å². The Hall–Kier alpha value is -1.85. The molecule has 6 heteroatoms. The normalized spacial score (nSPS) is 11.3. The summed E-state index contributed by atoms with van der Waals surface area (Å²) in [5.41, 5.74) is 5.75. The fourth-order valence-corrected chi connectivity index (χ4v) is 0.710. The maximum atomic E-state index is 8.34. The monoisotopic (exact) mass is 182 g/mol. The molecule has 0 aliphatic rings. The van der Waals surface area contributed by atoms with Crippen LogP contribution in [0.3, 0.4) is 0 Å². The Morgan fingerprint density at radius 2 is 2.23 bits per heavy atom. The Morgan fingerprint density at radius 1 is 1.62 bits per heavy atom. The maximum Gasteiger partial charge on any atom is 0.316 e. The van der Waals surface area contributed by atoms with Gasteiger partial charge in [0, 0.05) is 12.4 Å². The average Bonchev–Trinajstić information content (AvgIpc) is 2.18. The predicted molar refractivity (Wildman–Crippen MR) is 45.7 cm³/mol. The highest BCUT2D eigenvalue weighted by molar-refractivity contribution is 5.96. The van der Waals surface area contributed by atoms with Crippen LogP contribution in [0, 0.1) is 0 Å². The van der Waals surface area contributed by atoms with Crippen molar-refractivity contribution in [1.29, 1.82) is 0 Å². The molecule has 1 heterocycles. The largest absolute Gasteiger partial charge is 0.464 e. The zero-order valence-electron chi connectivity index (χ0n) is 7.14. The molecule has 0 saturated heterocycles. The molecule has 0 spiro atoms. The van der Waals surface area contributed by atoms with Crippen molar-refractivity contribution in [2.75, 3.05) is 6.61 Å². The summed E-state index contributed by atoms with van der Waals surface area (Å²) < 4.78 is 5.01. The lowest BCUT2D eigenvalue weighted by Crippen LogP contribution is -2.14. The van der Waals surface area contributed by atoms with Gasteiger partial charge in [-0.15, -0.1) is 0 Å². The van der Waals surface area contributed by atoms with Gasteiger partial charge in [0.15, 0.2) is 5.84 Å². The van der Waals surface area contributed by atoms with Gasteiger partial charge in [-0.05, 0) is 6.92 Å². The molecule has 13 heavy (non-hydrogen) atoms. The highest BCUT2D eigenvalue weighted by Gasteiger charge is 2.01. The van der Waals surface area contributed by atoms with Crippen LogP contribution in [-0.2, 0) is 0 Å². The Balaban J connectivity index is 2.81. The van der Waals surface area contributed by atoms with E-state index in [2.05, 4.69) is 15.1 Å². The fraction of sp³-hybridized carbons (Fsp3) is 0.286. The molecule has 0 fully saturated rings. The minimum Gasteiger partial charge on any atom is -0.464 e. The molecule has 1 rings (SSSR count). The van der Waals surface area contributed by atoms with Gasteiger partial charge in [0.05, 0.1) is 12.2 Å². The van der Waals surface area contributed by atoms with E-state index in [0.29, 0.717) is 12.2 Å². The first-order chi connectivity index (χ1) is 6.27. The highest BCUT2D eigenvalue weighted by atomic mass is 16.5. The van der Waals surface area contributed by atoms with E-state index in [1.54, 1.807) is 0 Å². The van der Waals surface area contributed by atoms with Crippen LogP contribution in [0.25, 0.3) is 0 Å². The number of aromatic nitrogens is 2. The average molecular weight is 182 g/mol. The Bertz CT molecular complexity index is 296. The van der Waals surface area contributed by atoms with E-state index >= 15 is 0 Å². The number of nitrogens with two attached hydrogens (primary N) is 1. The minimum absolute atomic E-state index is 0.0250. The van der Waals surface area contributed by atoms with Crippen molar-refractivity contribution in [3.8, 4) is 6.01 Å². The Morgan fingerprint density at radius 3 is 2.69 bits per heavy atom. The van der Waals surface area contributed by atoms with E-state index in [1.165, 1.54) is 12.4 Å². The molecular formula is C7H10N4O2. The first kappa shape index (κ1) is 9.24. The topological polar surface area (TPSA) is 93.6 Å². The van der Waals surface area contributed by atoms with E-state index < -0.39 is 0 Å². The van der Waals surface area contributed by atoms with Gasteiger partial charge in [0.1, 0.15) is 0 Å². The fourth-order valence-electron chi connectivity index (χ4n) is 0.710. The van der Waals surface area contributed by atoms with Crippen LogP contribution in [0.4, 0.5) is 0 Å². The van der Waals surface area contributed by atoms with Crippen LogP contribution in [0.2, 0.25) is 0 Å². The van der Waals surface area contributed by atoms with E-state index in [4.69, 9.17) is 15.7 Å². The molecule has 0 aliphatic heterocycles. The van der Waals surface area contributed by atoms with Crippen LogP contribution in [-0.4, -0.2) is 27.6 Å². The molecule has 0 saturated carbocycles. The molecule has 0 aromatic carbocycles. The lowest BCUT2D eigenvalue weighted by molar-refractivity contribution is 0.311. The number of oxime groups is 1. The lowest BCUT2D eigenvalue weighted by Gasteiger charge is -2.00. The Kier molecular flexibility index (Phi) is 3.02. The van der Waals surface area contributed by atoms with Crippen molar-refractivity contribution in [2.24, 2.45) is 10.9 Å². The van der Waals surface area contributed by atoms with Gasteiger partial charge in [0.25, 0.3) is 0 Å². The molecule has 70 valence electrons. The zero-order chi connectivity index (χ0) is 9.68. The number of nitrogens with zero attached hydrogens (tertiary/aromatic N) is 3. The van der Waals surface area contributed by atoms with Gasteiger partial charge >= 0.3 is 6.01 Å². The highest BCUT2D eigenvalue weighted by Crippen LogP contribution is 2.01. The second-order valence-corrected chi connectivity index (χ2v) is 2.17. The second kappa shape index (κ2) is 4.24. The molecule has 0 amide bonds. The van der Waals surface area contributed by atoms with Crippen molar-refractivity contribution in [3.05, 3.63) is 18.0 Å². The molecule has 1 aromatic rings. The lowest BCUT2D eigenvalue weighted by atomic mass is 10.3. The summed E-state index contributed by atoms with van der Waals surface area (Å²) in [5.74, 6) is -0.0250. The van der Waals surface area contributed by atoms with Crippen molar-refractivity contribution in [1.82, 2.24) is 9.97 Å². The molecule has 1 aromatic heterocycles. The molecule has 0 atom stereocenters. The van der Waals surface area contributed by atoms with Gasteiger partial charge in [-0.1, -0.05) is 5.16 Å². The predicted octanol–water partition coefficient (Wildman–Crippen LogP) is -0.0302. The smallest absolute Gasteiger partial charge is 0.316 e. The van der Waals surface area contributed by atoms with Crippen LogP contribution in [0.5, 0.6) is 6.01 Å². The van der Waals surface area contributed by atoms with E-state index in [9.17, 15) is 0 Å². The standard InChI is InChI=1S/C7H10N4O2/c1-2-13-7-9-3-5(4-10-7)6(8)11-12/h3-4,12H,2H2,1H3,(H2,8,11). The van der Waals surface area contributed by atoms with Crippen molar-refractivity contribution in [3.63, 3.8) is 0 Å². The molecular weight excluding hydrogens is 172 g/mol. The molecule has 0 aliphatic carbocycles. The number of ether oxygens (including phenoxy) is 1. The van der Waals surface area contributed by atoms with E-state index in [1.807, 2.05) is 6.92 Å². The third kappa shape index (κ3) is 2.29. The molecule has 0 unspecified atom stereocenters. The summed E-state index contributed by atoms with van der Waals surface area (Å²) in [5, 5.41) is 11.1. The van der Waals surface area contributed by atoms with Crippen molar-refractivity contribution < 1.29 is 9.94 Å². The number of amidine groups is 1. The number of rotatable bonds is 3. The van der Waals surface area contributed by atoms with Gasteiger partial charge in [0.2, 0.25) is 0 Å². The molecule has 6 nitrogen and oxygen atoms in total. The molecule has 3 N–H and O–H groups in total. The first-order valence-electron chi connectivity index (χ1n) is 3.70. The van der Waals surface area contributed by atoms with Gasteiger partial charge in [-0.3, -0.25) is 0 Å². The first-order valence-corrected chi connectivity index (χ1v) is 3.70. The van der Waals surface area contributed by atoms with Crippen LogP contribution in [0.15, 0.2) is 17.5 Å². The van der Waals surface area contributed by atoms with E-state index in [0.717, 1.165) is 0 Å². The van der Waals surface area contributed by atoms with Crippen molar-refractivity contribution in [2.45, 2.75) is 6.92 Å². The van der Waals surface area contributed by atoms with Crippen LogP contribution >= 0.6 is 0 Å². The summed E-state index contributed by atoms with van der Waals surface area (Å²) in [4.78, 5) is 7.66. The summed E-state index contributed by atoms with van der Waals surface area (Å²) in [6, 6.07) is 0.275. The number of hydrogen-bond acceptors (Lipinski definition) is 5. The van der Waals surface area contributed by atoms with Crippen molar-refractivity contribution >= 4 is 5.84 Å². The second-order valence-electron chi connectivity index (χ2n) is 2.17. The minimum atomic E-state index is -0.0250. The summed E-state index contributed by atoms with van der Waals surface area (Å²) in [6.45, 7) is 2.34. The van der Waals surface area contributed by atoms with E-state index in [-0.39, 0.29) is 11.8 Å². The van der Waals surface area contributed by atoms with Crippen LogP contribution < -0.4 is 10.5 Å². The van der Waals surface area contributed by atoms with Gasteiger partial charge < -0.3 is 15.7 Å². The third-order valence-electron chi connectivity index (χ3n) is 1.31. The molecule has 0 radical (unpaired) electrons.